The number of amides is 1. The number of ether oxygens (including phenoxy) is 1. The van der Waals surface area contributed by atoms with Crippen molar-refractivity contribution in [2.75, 3.05) is 7.11 Å². The standard InChI is InChI=1S/C19H17ClN2O3/c1-25-19(24)17(22-18(23)12-5-4-6-14(20)9-12)10-13-11-21-16-8-3-2-7-15(13)16/h2-9,11,17,21H,10H2,1H3,(H,22,23). The summed E-state index contributed by atoms with van der Waals surface area (Å²) in [7, 11) is 1.30. The predicted molar refractivity (Wildman–Crippen MR) is 96.7 cm³/mol. The second-order valence-electron chi connectivity index (χ2n) is 5.62. The van der Waals surface area contributed by atoms with Gasteiger partial charge in [0.1, 0.15) is 6.04 Å². The van der Waals surface area contributed by atoms with Crippen molar-refractivity contribution in [2.24, 2.45) is 0 Å². The fourth-order valence-electron chi connectivity index (χ4n) is 2.73. The highest BCUT2D eigenvalue weighted by molar-refractivity contribution is 6.31. The van der Waals surface area contributed by atoms with Gasteiger partial charge in [-0.3, -0.25) is 4.79 Å². The molecule has 1 unspecified atom stereocenters. The van der Waals surface area contributed by atoms with Crippen LogP contribution in [0.4, 0.5) is 0 Å². The molecule has 6 heteroatoms. The van der Waals surface area contributed by atoms with E-state index in [1.807, 2.05) is 30.5 Å². The number of halogens is 1. The average molecular weight is 357 g/mol. The van der Waals surface area contributed by atoms with Crippen molar-refractivity contribution >= 4 is 34.4 Å². The highest BCUT2D eigenvalue weighted by Crippen LogP contribution is 2.19. The summed E-state index contributed by atoms with van der Waals surface area (Å²) in [4.78, 5) is 27.7. The van der Waals surface area contributed by atoms with Gasteiger partial charge in [-0.2, -0.15) is 0 Å². The molecule has 0 radical (unpaired) electrons. The summed E-state index contributed by atoms with van der Waals surface area (Å²) >= 11 is 5.92. The van der Waals surface area contributed by atoms with E-state index in [0.717, 1.165) is 16.5 Å². The van der Waals surface area contributed by atoms with Gasteiger partial charge in [-0.25, -0.2) is 4.79 Å². The third kappa shape index (κ3) is 3.83. The van der Waals surface area contributed by atoms with E-state index in [-0.39, 0.29) is 5.91 Å². The zero-order valence-electron chi connectivity index (χ0n) is 13.6. The summed E-state index contributed by atoms with van der Waals surface area (Å²) in [6.45, 7) is 0. The van der Waals surface area contributed by atoms with Crippen LogP contribution in [0.2, 0.25) is 5.02 Å². The van der Waals surface area contributed by atoms with Crippen molar-refractivity contribution in [1.29, 1.82) is 0 Å². The van der Waals surface area contributed by atoms with Crippen LogP contribution in [0.5, 0.6) is 0 Å². The minimum Gasteiger partial charge on any atom is -0.467 e. The van der Waals surface area contributed by atoms with E-state index < -0.39 is 12.0 Å². The van der Waals surface area contributed by atoms with Gasteiger partial charge in [-0.1, -0.05) is 35.9 Å². The molecule has 1 heterocycles. The summed E-state index contributed by atoms with van der Waals surface area (Å²) in [6.07, 6.45) is 2.16. The molecule has 3 rings (SSSR count). The first-order valence-corrected chi connectivity index (χ1v) is 8.15. The maximum Gasteiger partial charge on any atom is 0.328 e. The molecule has 2 N–H and O–H groups in total. The average Bonchev–Trinajstić information content (AvgIpc) is 3.03. The Labute approximate surface area is 149 Å². The number of H-pyrrole nitrogens is 1. The normalized spacial score (nSPS) is 11.9. The van der Waals surface area contributed by atoms with E-state index >= 15 is 0 Å². The summed E-state index contributed by atoms with van der Waals surface area (Å²) in [6, 6.07) is 13.5. The number of rotatable bonds is 5. The molecule has 2 aromatic carbocycles. The topological polar surface area (TPSA) is 71.2 Å². The third-order valence-electron chi connectivity index (χ3n) is 3.98. The van der Waals surface area contributed by atoms with Crippen LogP contribution in [0.15, 0.2) is 54.7 Å². The molecular weight excluding hydrogens is 340 g/mol. The predicted octanol–water partition coefficient (Wildman–Crippen LogP) is 3.34. The third-order valence-corrected chi connectivity index (χ3v) is 4.21. The number of para-hydroxylation sites is 1. The Morgan fingerprint density at radius 3 is 2.76 bits per heavy atom. The van der Waals surface area contributed by atoms with Gasteiger partial charge in [-0.05, 0) is 29.8 Å². The van der Waals surface area contributed by atoms with Crippen LogP contribution in [-0.4, -0.2) is 30.0 Å². The molecule has 1 amide bonds. The molecule has 25 heavy (non-hydrogen) atoms. The SMILES string of the molecule is COC(=O)C(Cc1c[nH]c2ccccc12)NC(=O)c1cccc(Cl)c1. The van der Waals surface area contributed by atoms with Crippen molar-refractivity contribution in [3.63, 3.8) is 0 Å². The Bertz CT molecular complexity index is 920. The number of fused-ring (bicyclic) bond motifs is 1. The quantitative estimate of drug-likeness (QED) is 0.689. The Morgan fingerprint density at radius 2 is 2.00 bits per heavy atom. The summed E-state index contributed by atoms with van der Waals surface area (Å²) in [5, 5.41) is 4.19. The van der Waals surface area contributed by atoms with E-state index in [0.29, 0.717) is 17.0 Å². The van der Waals surface area contributed by atoms with E-state index in [9.17, 15) is 9.59 Å². The molecule has 0 saturated heterocycles. The van der Waals surface area contributed by atoms with Crippen LogP contribution in [0.25, 0.3) is 10.9 Å². The first kappa shape index (κ1) is 17.0. The number of aromatic nitrogens is 1. The van der Waals surface area contributed by atoms with Crippen molar-refractivity contribution in [3.8, 4) is 0 Å². The van der Waals surface area contributed by atoms with Gasteiger partial charge in [0.25, 0.3) is 5.91 Å². The molecule has 0 bridgehead atoms. The fourth-order valence-corrected chi connectivity index (χ4v) is 2.92. The van der Waals surface area contributed by atoms with Crippen LogP contribution >= 0.6 is 11.6 Å². The van der Waals surface area contributed by atoms with Crippen LogP contribution in [0.1, 0.15) is 15.9 Å². The number of nitrogens with one attached hydrogen (secondary N) is 2. The molecule has 0 fully saturated rings. The van der Waals surface area contributed by atoms with E-state index in [1.54, 1.807) is 24.3 Å². The van der Waals surface area contributed by atoms with Crippen molar-refractivity contribution in [3.05, 3.63) is 70.9 Å². The van der Waals surface area contributed by atoms with Crippen molar-refractivity contribution in [1.82, 2.24) is 10.3 Å². The van der Waals surface area contributed by atoms with Crippen molar-refractivity contribution < 1.29 is 14.3 Å². The minimum atomic E-state index is -0.796. The highest BCUT2D eigenvalue weighted by Gasteiger charge is 2.24. The monoisotopic (exact) mass is 356 g/mol. The van der Waals surface area contributed by atoms with Crippen LogP contribution in [0, 0.1) is 0 Å². The molecular formula is C19H17ClN2O3. The number of hydrogen-bond acceptors (Lipinski definition) is 3. The lowest BCUT2D eigenvalue weighted by Crippen LogP contribution is -2.43. The lowest BCUT2D eigenvalue weighted by Gasteiger charge is -2.16. The molecule has 3 aromatic rings. The minimum absolute atomic E-state index is 0.322. The van der Waals surface area contributed by atoms with Gasteiger partial charge in [0.05, 0.1) is 7.11 Å². The second-order valence-corrected chi connectivity index (χ2v) is 6.06. The Balaban J connectivity index is 1.83. The van der Waals surface area contributed by atoms with Crippen LogP contribution < -0.4 is 5.32 Å². The summed E-state index contributed by atoms with van der Waals surface area (Å²) in [5.74, 6) is -0.876. The van der Waals surface area contributed by atoms with Gasteiger partial charge < -0.3 is 15.0 Å². The van der Waals surface area contributed by atoms with Gasteiger partial charge in [0.2, 0.25) is 0 Å². The lowest BCUT2D eigenvalue weighted by atomic mass is 10.0. The summed E-state index contributed by atoms with van der Waals surface area (Å²) < 4.78 is 4.84. The Hall–Kier alpha value is -2.79. The van der Waals surface area contributed by atoms with Crippen LogP contribution in [0.3, 0.4) is 0 Å². The van der Waals surface area contributed by atoms with Crippen molar-refractivity contribution in [2.45, 2.75) is 12.5 Å². The Kier molecular flexibility index (Phi) is 5.05. The zero-order chi connectivity index (χ0) is 17.8. The Morgan fingerprint density at radius 1 is 1.20 bits per heavy atom. The molecule has 128 valence electrons. The van der Waals surface area contributed by atoms with Crippen LogP contribution in [-0.2, 0) is 16.0 Å². The van der Waals surface area contributed by atoms with Gasteiger partial charge in [0, 0.05) is 34.1 Å². The molecule has 1 aromatic heterocycles. The number of hydrogen-bond donors (Lipinski definition) is 2. The molecule has 5 nitrogen and oxygen atoms in total. The first-order valence-electron chi connectivity index (χ1n) is 7.77. The first-order chi connectivity index (χ1) is 12.1. The molecule has 1 atom stereocenters. The van der Waals surface area contributed by atoms with E-state index in [2.05, 4.69) is 10.3 Å². The smallest absolute Gasteiger partial charge is 0.328 e. The maximum absolute atomic E-state index is 12.4. The molecule has 0 aliphatic rings. The largest absolute Gasteiger partial charge is 0.467 e. The number of carbonyl (C=O) groups excluding carboxylic acids is 2. The number of benzene rings is 2. The summed E-state index contributed by atoms with van der Waals surface area (Å²) in [5.41, 5.74) is 2.29. The number of esters is 1. The van der Waals surface area contributed by atoms with Gasteiger partial charge in [0.15, 0.2) is 0 Å². The van der Waals surface area contributed by atoms with E-state index in [4.69, 9.17) is 16.3 Å². The number of aromatic amines is 1. The molecule has 0 spiro atoms. The molecule has 0 aliphatic carbocycles. The lowest BCUT2D eigenvalue weighted by molar-refractivity contribution is -0.142. The van der Waals surface area contributed by atoms with Gasteiger partial charge >= 0.3 is 5.97 Å². The highest BCUT2D eigenvalue weighted by atomic mass is 35.5. The van der Waals surface area contributed by atoms with E-state index in [1.165, 1.54) is 7.11 Å². The number of methoxy groups -OCH3 is 1. The van der Waals surface area contributed by atoms with Gasteiger partial charge in [-0.15, -0.1) is 0 Å². The fraction of sp³-hybridized carbons (Fsp3) is 0.158. The number of carbonyl (C=O) groups is 2. The second kappa shape index (κ2) is 7.40. The zero-order valence-corrected chi connectivity index (χ0v) is 14.3. The maximum atomic E-state index is 12.4. The molecule has 0 saturated carbocycles. The molecule has 0 aliphatic heterocycles.